The van der Waals surface area contributed by atoms with E-state index in [1.807, 2.05) is 12.1 Å². The summed E-state index contributed by atoms with van der Waals surface area (Å²) < 4.78 is 0. The van der Waals surface area contributed by atoms with Crippen LogP contribution in [0.2, 0.25) is 0 Å². The first-order valence-electron chi connectivity index (χ1n) is 4.41. The van der Waals surface area contributed by atoms with Crippen LogP contribution in [0.1, 0.15) is 17.9 Å². The molecule has 0 spiro atoms. The highest BCUT2D eigenvalue weighted by Crippen LogP contribution is 2.53. The van der Waals surface area contributed by atoms with Gasteiger partial charge in [0, 0.05) is 12.2 Å². The standard InChI is InChI=1S/C10H11NO/c12-7-1-2-10-9(4-7)8-3-6(8)5-11-10/h1-2,4,6,8,11-12H,3,5H2. The Morgan fingerprint density at radius 3 is 3.25 bits per heavy atom. The minimum absolute atomic E-state index is 0.392. The van der Waals surface area contributed by atoms with Gasteiger partial charge < -0.3 is 10.4 Å². The molecule has 2 heteroatoms. The number of fused-ring (bicyclic) bond motifs is 3. The van der Waals surface area contributed by atoms with Crippen LogP contribution >= 0.6 is 0 Å². The molecular formula is C10H11NO. The lowest BCUT2D eigenvalue weighted by Gasteiger charge is -2.16. The topological polar surface area (TPSA) is 32.3 Å². The molecule has 1 aliphatic heterocycles. The van der Waals surface area contributed by atoms with Crippen LogP contribution < -0.4 is 5.32 Å². The molecule has 62 valence electrons. The van der Waals surface area contributed by atoms with Crippen molar-refractivity contribution < 1.29 is 5.11 Å². The van der Waals surface area contributed by atoms with Crippen LogP contribution in [0.3, 0.4) is 0 Å². The van der Waals surface area contributed by atoms with Gasteiger partial charge in [-0.1, -0.05) is 0 Å². The zero-order chi connectivity index (χ0) is 8.13. The second-order valence-corrected chi connectivity index (χ2v) is 3.75. The maximum atomic E-state index is 9.30. The third-order valence-electron chi connectivity index (χ3n) is 2.91. The summed E-state index contributed by atoms with van der Waals surface area (Å²) in [6.45, 7) is 1.11. The summed E-state index contributed by atoms with van der Waals surface area (Å²) in [7, 11) is 0. The molecule has 2 unspecified atom stereocenters. The lowest BCUT2D eigenvalue weighted by molar-refractivity contribution is 0.474. The summed E-state index contributed by atoms with van der Waals surface area (Å²) in [4.78, 5) is 0. The number of anilines is 1. The first kappa shape index (κ1) is 6.35. The molecular weight excluding hydrogens is 150 g/mol. The molecule has 1 heterocycles. The Labute approximate surface area is 71.2 Å². The molecule has 2 N–H and O–H groups in total. The van der Waals surface area contributed by atoms with Crippen molar-refractivity contribution in [3.8, 4) is 5.75 Å². The van der Waals surface area contributed by atoms with Gasteiger partial charge in [-0.15, -0.1) is 0 Å². The van der Waals surface area contributed by atoms with Gasteiger partial charge in [0.25, 0.3) is 0 Å². The highest BCUT2D eigenvalue weighted by Gasteiger charge is 2.42. The number of phenolic OH excluding ortho intramolecular Hbond substituents is 1. The molecule has 0 radical (unpaired) electrons. The summed E-state index contributed by atoms with van der Waals surface area (Å²) in [5.74, 6) is 1.95. The van der Waals surface area contributed by atoms with Gasteiger partial charge in [-0.3, -0.25) is 0 Å². The van der Waals surface area contributed by atoms with Crippen LogP contribution in [0, 0.1) is 5.92 Å². The fraction of sp³-hybridized carbons (Fsp3) is 0.400. The van der Waals surface area contributed by atoms with E-state index in [0.717, 1.165) is 18.4 Å². The molecule has 0 aromatic heterocycles. The van der Waals surface area contributed by atoms with Crippen LogP contribution in [0.5, 0.6) is 5.75 Å². The SMILES string of the molecule is Oc1ccc2c(c1)C1CC1CN2. The van der Waals surface area contributed by atoms with Gasteiger partial charge in [0.1, 0.15) is 5.75 Å². The van der Waals surface area contributed by atoms with Gasteiger partial charge in [-0.05, 0) is 42.0 Å². The van der Waals surface area contributed by atoms with Crippen molar-refractivity contribution in [2.24, 2.45) is 5.92 Å². The summed E-state index contributed by atoms with van der Waals surface area (Å²) >= 11 is 0. The maximum absolute atomic E-state index is 9.30. The maximum Gasteiger partial charge on any atom is 0.116 e. The first-order chi connectivity index (χ1) is 5.84. The van der Waals surface area contributed by atoms with Crippen molar-refractivity contribution >= 4 is 5.69 Å². The summed E-state index contributed by atoms with van der Waals surface area (Å²) in [6, 6.07) is 5.61. The van der Waals surface area contributed by atoms with Crippen LogP contribution in [0.15, 0.2) is 18.2 Å². The number of phenols is 1. The number of nitrogens with one attached hydrogen (secondary N) is 1. The van der Waals surface area contributed by atoms with Crippen molar-refractivity contribution in [3.63, 3.8) is 0 Å². The number of hydrogen-bond donors (Lipinski definition) is 2. The summed E-state index contributed by atoms with van der Waals surface area (Å²) in [5, 5.41) is 12.7. The zero-order valence-electron chi connectivity index (χ0n) is 6.75. The predicted octanol–water partition coefficient (Wildman–Crippen LogP) is 1.92. The van der Waals surface area contributed by atoms with Crippen LogP contribution in [-0.2, 0) is 0 Å². The third kappa shape index (κ3) is 0.750. The lowest BCUT2D eigenvalue weighted by Crippen LogP contribution is -2.11. The van der Waals surface area contributed by atoms with Crippen molar-refractivity contribution in [1.29, 1.82) is 0 Å². The van der Waals surface area contributed by atoms with Gasteiger partial charge in [0.15, 0.2) is 0 Å². The van der Waals surface area contributed by atoms with Crippen molar-refractivity contribution in [2.75, 3.05) is 11.9 Å². The van der Waals surface area contributed by atoms with E-state index in [-0.39, 0.29) is 0 Å². The molecule has 1 aliphatic carbocycles. The van der Waals surface area contributed by atoms with E-state index in [1.165, 1.54) is 17.7 Å². The summed E-state index contributed by atoms with van der Waals surface area (Å²) in [5.41, 5.74) is 2.53. The second-order valence-electron chi connectivity index (χ2n) is 3.75. The molecule has 0 bridgehead atoms. The van der Waals surface area contributed by atoms with Gasteiger partial charge in [0.05, 0.1) is 0 Å². The molecule has 3 rings (SSSR count). The average molecular weight is 161 g/mol. The Bertz CT molecular complexity index is 335. The summed E-state index contributed by atoms with van der Waals surface area (Å²) in [6.07, 6.45) is 1.30. The van der Waals surface area contributed by atoms with E-state index in [4.69, 9.17) is 0 Å². The van der Waals surface area contributed by atoms with Crippen molar-refractivity contribution in [1.82, 2.24) is 0 Å². The van der Waals surface area contributed by atoms with Crippen LogP contribution in [0.4, 0.5) is 5.69 Å². The Balaban J connectivity index is 2.14. The van der Waals surface area contributed by atoms with Crippen LogP contribution in [0.25, 0.3) is 0 Å². The Morgan fingerprint density at radius 1 is 1.42 bits per heavy atom. The normalized spacial score (nSPS) is 30.0. The molecule has 1 aromatic carbocycles. The fourth-order valence-corrected chi connectivity index (χ4v) is 2.11. The van der Waals surface area contributed by atoms with Crippen molar-refractivity contribution in [3.05, 3.63) is 23.8 Å². The fourth-order valence-electron chi connectivity index (χ4n) is 2.11. The van der Waals surface area contributed by atoms with E-state index >= 15 is 0 Å². The smallest absolute Gasteiger partial charge is 0.116 e. The molecule has 2 nitrogen and oxygen atoms in total. The largest absolute Gasteiger partial charge is 0.508 e. The average Bonchev–Trinajstić information content (AvgIpc) is 2.82. The number of hydrogen-bond acceptors (Lipinski definition) is 2. The molecule has 2 atom stereocenters. The second kappa shape index (κ2) is 1.94. The van der Waals surface area contributed by atoms with Gasteiger partial charge in [-0.25, -0.2) is 0 Å². The predicted molar refractivity (Wildman–Crippen MR) is 47.4 cm³/mol. The molecule has 12 heavy (non-hydrogen) atoms. The number of aromatic hydroxyl groups is 1. The van der Waals surface area contributed by atoms with E-state index in [9.17, 15) is 5.11 Å². The van der Waals surface area contributed by atoms with E-state index < -0.39 is 0 Å². The van der Waals surface area contributed by atoms with E-state index in [2.05, 4.69) is 5.32 Å². The van der Waals surface area contributed by atoms with Gasteiger partial charge >= 0.3 is 0 Å². The Kier molecular flexibility index (Phi) is 1.03. The highest BCUT2D eigenvalue weighted by molar-refractivity contribution is 5.59. The Morgan fingerprint density at radius 2 is 2.33 bits per heavy atom. The molecule has 1 aromatic rings. The minimum Gasteiger partial charge on any atom is -0.508 e. The first-order valence-corrected chi connectivity index (χ1v) is 4.41. The molecule has 2 aliphatic rings. The van der Waals surface area contributed by atoms with Gasteiger partial charge in [0.2, 0.25) is 0 Å². The highest BCUT2D eigenvalue weighted by atomic mass is 16.3. The lowest BCUT2D eigenvalue weighted by atomic mass is 10.0. The molecule has 1 fully saturated rings. The molecule has 1 saturated carbocycles. The number of rotatable bonds is 0. The quantitative estimate of drug-likeness (QED) is 0.570. The zero-order valence-corrected chi connectivity index (χ0v) is 6.75. The van der Waals surface area contributed by atoms with E-state index in [1.54, 1.807) is 6.07 Å². The number of benzene rings is 1. The van der Waals surface area contributed by atoms with Crippen molar-refractivity contribution in [2.45, 2.75) is 12.3 Å². The third-order valence-corrected chi connectivity index (χ3v) is 2.91. The van der Waals surface area contributed by atoms with Crippen LogP contribution in [-0.4, -0.2) is 11.7 Å². The minimum atomic E-state index is 0.392. The Hall–Kier alpha value is -1.18. The van der Waals surface area contributed by atoms with E-state index in [0.29, 0.717) is 5.75 Å². The van der Waals surface area contributed by atoms with Gasteiger partial charge in [-0.2, -0.15) is 0 Å². The molecule has 0 amide bonds. The monoisotopic (exact) mass is 161 g/mol. The molecule has 0 saturated heterocycles.